The third kappa shape index (κ3) is 7.84. The van der Waals surface area contributed by atoms with Crippen molar-refractivity contribution in [2.75, 3.05) is 6.54 Å². The zero-order valence-corrected chi connectivity index (χ0v) is 23.9. The number of unbranched alkanes of at least 4 members (excludes halogenated alkanes) is 2. The lowest BCUT2D eigenvalue weighted by Crippen LogP contribution is -2.44. The van der Waals surface area contributed by atoms with Gasteiger partial charge in [-0.1, -0.05) is 57.4 Å². The minimum absolute atomic E-state index is 0.0155. The molecule has 0 aromatic carbocycles. The van der Waals surface area contributed by atoms with Crippen molar-refractivity contribution >= 4 is 18.1 Å². The number of rotatable bonds is 13. The predicted molar refractivity (Wildman–Crippen MR) is 158 cm³/mol. The van der Waals surface area contributed by atoms with Crippen molar-refractivity contribution in [3.63, 3.8) is 0 Å². The topological polar surface area (TPSA) is 141 Å². The fourth-order valence-corrected chi connectivity index (χ4v) is 6.61. The lowest BCUT2D eigenvalue weighted by atomic mass is 9.60. The van der Waals surface area contributed by atoms with Crippen molar-refractivity contribution in [3.8, 4) is 0 Å². The van der Waals surface area contributed by atoms with E-state index < -0.39 is 18.1 Å². The number of carboxylic acid groups (broad SMARTS) is 1. The summed E-state index contributed by atoms with van der Waals surface area (Å²) in [5.74, 6) is 0.0829. The first-order valence-corrected chi connectivity index (χ1v) is 14.7. The zero-order valence-electron chi connectivity index (χ0n) is 23.9. The average Bonchev–Trinajstić information content (AvgIpc) is 3.32. The van der Waals surface area contributed by atoms with Gasteiger partial charge in [-0.15, -0.1) is 0 Å². The molecule has 2 aliphatic carbocycles. The summed E-state index contributed by atoms with van der Waals surface area (Å²) < 4.78 is 0. The molecule has 216 valence electrons. The number of hydrogen-bond acceptors (Lipinski definition) is 5. The van der Waals surface area contributed by atoms with Gasteiger partial charge < -0.3 is 26.4 Å². The number of nitrogens with one attached hydrogen (secondary N) is 1. The molecule has 0 amide bonds. The molecule has 0 saturated heterocycles. The van der Waals surface area contributed by atoms with Crippen LogP contribution in [0, 0.1) is 23.2 Å². The van der Waals surface area contributed by atoms with Gasteiger partial charge in [-0.2, -0.15) is 0 Å². The molecule has 0 radical (unpaired) electrons. The predicted octanol–water partition coefficient (Wildman–Crippen LogP) is 5.42. The maximum atomic E-state index is 11.9. The molecule has 0 aromatic rings. The third-order valence-electron chi connectivity index (χ3n) is 8.57. The highest BCUT2D eigenvalue weighted by Crippen LogP contribution is 2.55. The van der Waals surface area contributed by atoms with E-state index >= 15 is 0 Å². The fourth-order valence-electron chi connectivity index (χ4n) is 6.61. The summed E-state index contributed by atoms with van der Waals surface area (Å²) in [4.78, 5) is 20.5. The van der Waals surface area contributed by atoms with Crippen molar-refractivity contribution in [1.29, 1.82) is 0 Å². The van der Waals surface area contributed by atoms with Gasteiger partial charge in [0.05, 0.1) is 0 Å². The summed E-state index contributed by atoms with van der Waals surface area (Å²) in [7, 11) is 0. The number of hydrogen-bond donors (Lipinski definition) is 5. The molecule has 3 rings (SSSR count). The van der Waals surface area contributed by atoms with E-state index in [4.69, 9.17) is 5.73 Å². The van der Waals surface area contributed by atoms with E-state index in [9.17, 15) is 20.1 Å². The van der Waals surface area contributed by atoms with Crippen molar-refractivity contribution in [2.45, 2.75) is 97.1 Å². The van der Waals surface area contributed by atoms with Gasteiger partial charge in [0, 0.05) is 12.1 Å². The molecule has 2 bridgehead atoms. The van der Waals surface area contributed by atoms with Gasteiger partial charge in [-0.05, 0) is 80.8 Å². The SMILES string of the molecule is C/C=C/C(=C\C(NC(N)=NC/C(O)=C1\N=CC(C2(CCC)C=CC3CCC2C3)CC1O)C(=O)O)CCCCC. The summed E-state index contributed by atoms with van der Waals surface area (Å²) in [5.41, 5.74) is 7.13. The second kappa shape index (κ2) is 14.5. The van der Waals surface area contributed by atoms with Gasteiger partial charge in [0.1, 0.15) is 30.1 Å². The van der Waals surface area contributed by atoms with Crippen molar-refractivity contribution < 1.29 is 20.1 Å². The first kappa shape index (κ1) is 30.7. The molecule has 1 aliphatic heterocycles. The van der Waals surface area contributed by atoms with Crippen LogP contribution in [0.4, 0.5) is 0 Å². The number of guanidine groups is 1. The lowest BCUT2D eigenvalue weighted by molar-refractivity contribution is -0.137. The van der Waals surface area contributed by atoms with E-state index in [0.717, 1.165) is 44.1 Å². The Morgan fingerprint density at radius 1 is 1.26 bits per heavy atom. The van der Waals surface area contributed by atoms with E-state index in [1.807, 2.05) is 25.3 Å². The number of aliphatic carboxylic acids is 1. The van der Waals surface area contributed by atoms with E-state index in [0.29, 0.717) is 18.3 Å². The summed E-state index contributed by atoms with van der Waals surface area (Å²) >= 11 is 0. The molecule has 0 spiro atoms. The Bertz CT molecular complexity index is 1030. The van der Waals surface area contributed by atoms with Crippen molar-refractivity contribution in [3.05, 3.63) is 47.4 Å². The summed E-state index contributed by atoms with van der Waals surface area (Å²) in [6.45, 7) is 6.02. The molecule has 6 unspecified atom stereocenters. The quantitative estimate of drug-likeness (QED) is 0.0527. The van der Waals surface area contributed by atoms with Gasteiger partial charge in [0.25, 0.3) is 0 Å². The van der Waals surface area contributed by atoms with E-state index in [2.05, 4.69) is 41.3 Å². The first-order chi connectivity index (χ1) is 18.7. The van der Waals surface area contributed by atoms with Crippen LogP contribution in [-0.2, 0) is 4.79 Å². The van der Waals surface area contributed by atoms with Crippen LogP contribution in [0.25, 0.3) is 0 Å². The molecule has 8 heteroatoms. The van der Waals surface area contributed by atoms with Gasteiger partial charge >= 0.3 is 5.97 Å². The molecule has 39 heavy (non-hydrogen) atoms. The van der Waals surface area contributed by atoms with Crippen LogP contribution in [0.2, 0.25) is 0 Å². The van der Waals surface area contributed by atoms with Crippen molar-refractivity contribution in [2.24, 2.45) is 38.9 Å². The Labute approximate surface area is 233 Å². The van der Waals surface area contributed by atoms with E-state index in [1.165, 1.54) is 19.3 Å². The molecular weight excluding hydrogens is 492 g/mol. The first-order valence-electron chi connectivity index (χ1n) is 14.7. The highest BCUT2D eigenvalue weighted by Gasteiger charge is 2.48. The number of nitrogens with zero attached hydrogens (tertiary/aromatic N) is 2. The smallest absolute Gasteiger partial charge is 0.330 e. The van der Waals surface area contributed by atoms with Gasteiger partial charge in [-0.3, -0.25) is 4.99 Å². The fraction of sp³-hybridized carbons (Fsp3) is 0.645. The van der Waals surface area contributed by atoms with Crippen LogP contribution in [-0.4, -0.2) is 52.2 Å². The third-order valence-corrected chi connectivity index (χ3v) is 8.57. The van der Waals surface area contributed by atoms with Gasteiger partial charge in [0.2, 0.25) is 0 Å². The Morgan fingerprint density at radius 2 is 2.05 bits per heavy atom. The van der Waals surface area contributed by atoms with Crippen LogP contribution in [0.3, 0.4) is 0 Å². The van der Waals surface area contributed by atoms with E-state index in [-0.39, 0.29) is 35.3 Å². The molecule has 6 atom stereocenters. The number of allylic oxidation sites excluding steroid dienone is 5. The second-order valence-corrected chi connectivity index (χ2v) is 11.3. The van der Waals surface area contributed by atoms with Crippen LogP contribution in [0.15, 0.2) is 57.4 Å². The monoisotopic (exact) mass is 540 g/mol. The zero-order chi connectivity index (χ0) is 28.4. The van der Waals surface area contributed by atoms with E-state index in [1.54, 1.807) is 6.08 Å². The summed E-state index contributed by atoms with van der Waals surface area (Å²) in [6, 6.07) is -1.05. The maximum absolute atomic E-state index is 11.9. The summed E-state index contributed by atoms with van der Waals surface area (Å²) in [6.07, 6.45) is 21.5. The van der Waals surface area contributed by atoms with Crippen LogP contribution in [0.1, 0.15) is 85.0 Å². The molecule has 6 N–H and O–H groups in total. The Balaban J connectivity index is 1.70. The van der Waals surface area contributed by atoms with Gasteiger partial charge in [0.15, 0.2) is 5.96 Å². The normalized spacial score (nSPS) is 31.1. The maximum Gasteiger partial charge on any atom is 0.330 e. The average molecular weight is 541 g/mol. The lowest BCUT2D eigenvalue weighted by Gasteiger charge is -2.45. The van der Waals surface area contributed by atoms with Crippen LogP contribution < -0.4 is 11.1 Å². The Kier molecular flexibility index (Phi) is 11.4. The molecular formula is C31H48N4O4. The minimum Gasteiger partial charge on any atom is -0.508 e. The highest BCUT2D eigenvalue weighted by molar-refractivity contribution is 5.86. The van der Waals surface area contributed by atoms with Crippen LogP contribution in [0.5, 0.6) is 0 Å². The standard InChI is InChI=1S/C31H48N4O4/c1-4-7-8-10-21(9-5-2)17-25(29(38)39)35-30(32)34-20-27(37)28-26(36)18-24(19-33-28)31(14-6-3)15-13-22-11-12-23(31)16-22/h5,9,13,15,17,19,22-26,36-37H,4,6-8,10-12,14,16,18,20H2,1-3H3,(H,38,39)(H3,32,34,35)/b9-5+,21-17+,28-27+. The number of carboxylic acids is 1. The number of aliphatic hydroxyl groups is 2. The Morgan fingerprint density at radius 3 is 2.72 bits per heavy atom. The number of carbonyl (C=O) groups is 1. The van der Waals surface area contributed by atoms with Gasteiger partial charge in [-0.25, -0.2) is 9.79 Å². The molecule has 1 heterocycles. The highest BCUT2D eigenvalue weighted by atomic mass is 16.4. The number of nitrogens with two attached hydrogens (primary N) is 1. The number of aliphatic hydroxyl groups excluding tert-OH is 2. The second-order valence-electron chi connectivity index (χ2n) is 11.3. The number of aliphatic imine (C=N–C) groups is 2. The molecule has 8 nitrogen and oxygen atoms in total. The minimum atomic E-state index is -1.07. The number of fused-ring (bicyclic) bond motifs is 2. The molecule has 3 aliphatic rings. The van der Waals surface area contributed by atoms with Crippen molar-refractivity contribution in [1.82, 2.24) is 5.32 Å². The molecule has 0 aromatic heterocycles. The van der Waals surface area contributed by atoms with Crippen LogP contribution >= 0.6 is 0 Å². The molecule has 1 fully saturated rings. The molecule has 1 saturated carbocycles. The Hall–Kier alpha value is -2.87. The summed E-state index contributed by atoms with van der Waals surface area (Å²) in [5, 5.41) is 34.1. The largest absolute Gasteiger partial charge is 0.508 e.